The Hall–Kier alpha value is -0.820. The number of aliphatic hydroxyl groups excluding tert-OH is 1. The Morgan fingerprint density at radius 3 is 2.47 bits per heavy atom. The van der Waals surface area contributed by atoms with Crippen LogP contribution in [0.3, 0.4) is 0 Å². The molecule has 0 heterocycles. The minimum Gasteiger partial charge on any atom is -0.388 e. The topological polar surface area (TPSA) is 20.2 Å². The fourth-order valence-corrected chi connectivity index (χ4v) is 3.17. The van der Waals surface area contributed by atoms with Crippen molar-refractivity contribution < 1.29 is 5.11 Å². The molecule has 0 spiro atoms. The lowest BCUT2D eigenvalue weighted by molar-refractivity contribution is 0.0452. The second-order valence-corrected chi connectivity index (χ2v) is 5.47. The molecule has 3 atom stereocenters. The van der Waals surface area contributed by atoms with Crippen LogP contribution in [-0.2, 0) is 0 Å². The van der Waals surface area contributed by atoms with Crippen LogP contribution in [0.2, 0.25) is 0 Å². The summed E-state index contributed by atoms with van der Waals surface area (Å²) >= 11 is 0. The van der Waals surface area contributed by atoms with Crippen LogP contribution in [0.1, 0.15) is 56.3 Å². The van der Waals surface area contributed by atoms with E-state index < -0.39 is 0 Å². The Kier molecular flexibility index (Phi) is 4.22. The van der Waals surface area contributed by atoms with Crippen molar-refractivity contribution in [3.8, 4) is 0 Å². The minimum atomic E-state index is -0.263. The number of hydrogen-bond acceptors (Lipinski definition) is 1. The molecule has 17 heavy (non-hydrogen) atoms. The summed E-state index contributed by atoms with van der Waals surface area (Å²) in [6.07, 6.45) is 6.05. The Morgan fingerprint density at radius 1 is 1.18 bits per heavy atom. The van der Waals surface area contributed by atoms with Crippen molar-refractivity contribution in [2.75, 3.05) is 0 Å². The van der Waals surface area contributed by atoms with Crippen LogP contribution >= 0.6 is 0 Å². The van der Waals surface area contributed by atoms with E-state index in [2.05, 4.69) is 38.1 Å². The van der Waals surface area contributed by atoms with Gasteiger partial charge >= 0.3 is 0 Å². The third-order valence-corrected chi connectivity index (χ3v) is 4.32. The smallest absolute Gasteiger partial charge is 0.0820 e. The first-order valence-electron chi connectivity index (χ1n) is 6.97. The molecule has 1 aliphatic carbocycles. The van der Waals surface area contributed by atoms with Crippen LogP contribution in [0, 0.1) is 18.8 Å². The van der Waals surface area contributed by atoms with Crippen molar-refractivity contribution in [3.05, 3.63) is 35.4 Å². The molecule has 1 fully saturated rings. The van der Waals surface area contributed by atoms with Gasteiger partial charge in [0.15, 0.2) is 0 Å². The van der Waals surface area contributed by atoms with Crippen LogP contribution in [0.25, 0.3) is 0 Å². The summed E-state index contributed by atoms with van der Waals surface area (Å²) in [5.74, 6) is 1.18. The summed E-state index contributed by atoms with van der Waals surface area (Å²) in [5, 5.41) is 10.5. The number of rotatable bonds is 3. The van der Waals surface area contributed by atoms with Crippen LogP contribution in [0.5, 0.6) is 0 Å². The van der Waals surface area contributed by atoms with E-state index in [9.17, 15) is 5.11 Å². The SMILES string of the molecule is CCC1CCCCC1C(O)c1ccc(C)cc1. The van der Waals surface area contributed by atoms with Gasteiger partial charge in [0, 0.05) is 0 Å². The average Bonchev–Trinajstić information content (AvgIpc) is 2.39. The molecule has 0 radical (unpaired) electrons. The Labute approximate surface area is 105 Å². The molecule has 3 unspecified atom stereocenters. The van der Waals surface area contributed by atoms with Gasteiger partial charge in [0.05, 0.1) is 6.10 Å². The lowest BCUT2D eigenvalue weighted by Crippen LogP contribution is -2.25. The predicted octanol–water partition coefficient (Wildman–Crippen LogP) is 4.24. The second-order valence-electron chi connectivity index (χ2n) is 5.47. The van der Waals surface area contributed by atoms with E-state index in [1.807, 2.05) is 0 Å². The molecule has 1 aliphatic rings. The molecule has 0 aromatic heterocycles. The van der Waals surface area contributed by atoms with Gasteiger partial charge in [-0.3, -0.25) is 0 Å². The maximum atomic E-state index is 10.5. The summed E-state index contributed by atoms with van der Waals surface area (Å²) in [6, 6.07) is 8.37. The van der Waals surface area contributed by atoms with E-state index in [0.29, 0.717) is 11.8 Å². The number of hydrogen-bond donors (Lipinski definition) is 1. The van der Waals surface area contributed by atoms with Crippen LogP contribution in [-0.4, -0.2) is 5.11 Å². The van der Waals surface area contributed by atoms with Gasteiger partial charge in [0.2, 0.25) is 0 Å². The van der Waals surface area contributed by atoms with Gasteiger partial charge in [0.1, 0.15) is 0 Å². The van der Waals surface area contributed by atoms with E-state index in [1.54, 1.807) is 0 Å². The summed E-state index contributed by atoms with van der Waals surface area (Å²) in [7, 11) is 0. The molecular weight excluding hydrogens is 208 g/mol. The van der Waals surface area contributed by atoms with Crippen LogP contribution in [0.4, 0.5) is 0 Å². The Balaban J connectivity index is 2.12. The highest BCUT2D eigenvalue weighted by molar-refractivity contribution is 5.23. The molecule has 1 heteroatoms. The molecule has 1 saturated carbocycles. The van der Waals surface area contributed by atoms with Crippen LogP contribution in [0.15, 0.2) is 24.3 Å². The number of aryl methyl sites for hydroxylation is 1. The summed E-state index contributed by atoms with van der Waals surface area (Å²) < 4.78 is 0. The van der Waals surface area contributed by atoms with Crippen molar-refractivity contribution in [1.82, 2.24) is 0 Å². The van der Waals surface area contributed by atoms with Gasteiger partial charge in [0.25, 0.3) is 0 Å². The quantitative estimate of drug-likeness (QED) is 0.826. The van der Waals surface area contributed by atoms with Crippen molar-refractivity contribution in [2.24, 2.45) is 11.8 Å². The molecule has 0 aliphatic heterocycles. The van der Waals surface area contributed by atoms with Gasteiger partial charge in [-0.25, -0.2) is 0 Å². The zero-order chi connectivity index (χ0) is 12.3. The first-order chi connectivity index (χ1) is 8.22. The molecule has 0 saturated heterocycles. The summed E-state index contributed by atoms with van der Waals surface area (Å²) in [5.41, 5.74) is 2.36. The monoisotopic (exact) mass is 232 g/mol. The van der Waals surface area contributed by atoms with Crippen molar-refractivity contribution in [2.45, 2.75) is 52.1 Å². The molecule has 0 bridgehead atoms. The predicted molar refractivity (Wildman–Crippen MR) is 71.9 cm³/mol. The molecule has 94 valence electrons. The van der Waals surface area contributed by atoms with E-state index in [-0.39, 0.29) is 6.10 Å². The maximum Gasteiger partial charge on any atom is 0.0820 e. The van der Waals surface area contributed by atoms with E-state index >= 15 is 0 Å². The molecule has 0 amide bonds. The Morgan fingerprint density at radius 2 is 1.82 bits per heavy atom. The number of benzene rings is 1. The fourth-order valence-electron chi connectivity index (χ4n) is 3.17. The van der Waals surface area contributed by atoms with E-state index in [0.717, 1.165) is 5.56 Å². The maximum absolute atomic E-state index is 10.5. The van der Waals surface area contributed by atoms with Gasteiger partial charge in [-0.15, -0.1) is 0 Å². The van der Waals surface area contributed by atoms with Crippen molar-refractivity contribution in [1.29, 1.82) is 0 Å². The van der Waals surface area contributed by atoms with E-state index in [4.69, 9.17) is 0 Å². The van der Waals surface area contributed by atoms with Gasteiger partial charge < -0.3 is 5.11 Å². The minimum absolute atomic E-state index is 0.263. The largest absolute Gasteiger partial charge is 0.388 e. The first kappa shape index (κ1) is 12.6. The molecular formula is C16H24O. The Bertz CT molecular complexity index is 341. The molecule has 1 aromatic rings. The van der Waals surface area contributed by atoms with Gasteiger partial charge in [-0.05, 0) is 30.7 Å². The second kappa shape index (κ2) is 5.68. The van der Waals surface area contributed by atoms with Crippen LogP contribution < -0.4 is 0 Å². The van der Waals surface area contributed by atoms with Gasteiger partial charge in [-0.2, -0.15) is 0 Å². The standard InChI is InChI=1S/C16H24O/c1-3-13-6-4-5-7-15(13)16(17)14-10-8-12(2)9-11-14/h8-11,13,15-17H,3-7H2,1-2H3. The highest BCUT2D eigenvalue weighted by Crippen LogP contribution is 2.40. The van der Waals surface area contributed by atoms with Crippen molar-refractivity contribution in [3.63, 3.8) is 0 Å². The molecule has 1 aromatic carbocycles. The normalized spacial score (nSPS) is 26.8. The summed E-state index contributed by atoms with van der Waals surface area (Å²) in [4.78, 5) is 0. The van der Waals surface area contributed by atoms with Gasteiger partial charge in [-0.1, -0.05) is 62.4 Å². The third kappa shape index (κ3) is 2.90. The van der Waals surface area contributed by atoms with Crippen molar-refractivity contribution >= 4 is 0 Å². The fraction of sp³-hybridized carbons (Fsp3) is 0.625. The highest BCUT2D eigenvalue weighted by atomic mass is 16.3. The van der Waals surface area contributed by atoms with E-state index in [1.165, 1.54) is 37.7 Å². The number of aliphatic hydroxyl groups is 1. The lowest BCUT2D eigenvalue weighted by Gasteiger charge is -2.34. The first-order valence-corrected chi connectivity index (χ1v) is 6.97. The lowest BCUT2D eigenvalue weighted by atomic mass is 9.73. The highest BCUT2D eigenvalue weighted by Gasteiger charge is 2.30. The summed E-state index contributed by atoms with van der Waals surface area (Å²) in [6.45, 7) is 4.34. The third-order valence-electron chi connectivity index (χ3n) is 4.32. The zero-order valence-corrected chi connectivity index (χ0v) is 11.0. The molecule has 2 rings (SSSR count). The molecule has 1 N–H and O–H groups in total. The average molecular weight is 232 g/mol. The zero-order valence-electron chi connectivity index (χ0n) is 11.0. The molecule has 1 nitrogen and oxygen atoms in total.